The van der Waals surface area contributed by atoms with Crippen molar-refractivity contribution in [1.82, 2.24) is 5.32 Å². The average molecular weight is 240 g/mol. The molecule has 0 aromatic heterocycles. The minimum atomic E-state index is -4.14. The van der Waals surface area contributed by atoms with Gasteiger partial charge in [0.1, 0.15) is 0 Å². The summed E-state index contributed by atoms with van der Waals surface area (Å²) in [5, 5.41) is 10.4. The highest BCUT2D eigenvalue weighted by Gasteiger charge is 2.16. The van der Waals surface area contributed by atoms with E-state index in [-0.39, 0.29) is 6.54 Å². The molecule has 0 aromatic carbocycles. The molecule has 88 valence electrons. The molecule has 0 spiro atoms. The molecule has 0 bridgehead atoms. The summed E-state index contributed by atoms with van der Waals surface area (Å²) >= 11 is 0. The van der Waals surface area contributed by atoms with Crippen LogP contribution in [-0.4, -0.2) is 48.3 Å². The molecule has 0 heterocycles. The lowest BCUT2D eigenvalue weighted by molar-refractivity contribution is -0.139. The zero-order chi connectivity index (χ0) is 12.1. The zero-order valence-electron chi connectivity index (χ0n) is 7.71. The minimum Gasteiger partial charge on any atom is -0.481 e. The molecule has 0 saturated carbocycles. The molecule has 0 aliphatic carbocycles. The SMILES string of the molecule is N[C@@H](CC(=O)O)C(=O)NCCS(=O)(=O)O. The van der Waals surface area contributed by atoms with Crippen LogP contribution >= 0.6 is 0 Å². The van der Waals surface area contributed by atoms with Gasteiger partial charge >= 0.3 is 5.97 Å². The lowest BCUT2D eigenvalue weighted by Gasteiger charge is -2.08. The number of carbonyl (C=O) groups is 2. The standard InChI is InChI=1S/C6H12N2O6S/c7-4(3-5(9)10)6(11)8-1-2-15(12,13)14/h4H,1-3,7H2,(H,8,11)(H,9,10)(H,12,13,14)/t4-/m0/s1. The summed E-state index contributed by atoms with van der Waals surface area (Å²) < 4.78 is 28.8. The van der Waals surface area contributed by atoms with E-state index in [1.165, 1.54) is 0 Å². The van der Waals surface area contributed by atoms with Crippen LogP contribution in [0.1, 0.15) is 6.42 Å². The fourth-order valence-electron chi connectivity index (χ4n) is 0.715. The molecule has 0 aromatic rings. The van der Waals surface area contributed by atoms with Gasteiger partial charge in [0, 0.05) is 6.54 Å². The van der Waals surface area contributed by atoms with Crippen molar-refractivity contribution in [2.75, 3.05) is 12.3 Å². The van der Waals surface area contributed by atoms with Crippen molar-refractivity contribution >= 4 is 22.0 Å². The highest BCUT2D eigenvalue weighted by Crippen LogP contribution is 1.88. The van der Waals surface area contributed by atoms with Gasteiger partial charge in [0.15, 0.2) is 0 Å². The number of carboxylic acid groups (broad SMARTS) is 1. The maximum absolute atomic E-state index is 11.0. The van der Waals surface area contributed by atoms with Crippen LogP contribution in [0.15, 0.2) is 0 Å². The van der Waals surface area contributed by atoms with Crippen LogP contribution < -0.4 is 11.1 Å². The van der Waals surface area contributed by atoms with Crippen molar-refractivity contribution in [2.24, 2.45) is 5.73 Å². The predicted octanol–water partition coefficient (Wildman–Crippen LogP) is -2.21. The van der Waals surface area contributed by atoms with E-state index in [1.54, 1.807) is 0 Å². The molecule has 9 heteroatoms. The molecule has 0 saturated heterocycles. The molecule has 1 amide bonds. The zero-order valence-corrected chi connectivity index (χ0v) is 8.53. The number of carbonyl (C=O) groups excluding carboxylic acids is 1. The molecule has 1 atom stereocenters. The number of carboxylic acids is 1. The van der Waals surface area contributed by atoms with Gasteiger partial charge in [-0.1, -0.05) is 0 Å². The number of hydrogen-bond donors (Lipinski definition) is 4. The number of aliphatic carboxylic acids is 1. The van der Waals surface area contributed by atoms with Gasteiger partial charge in [0.25, 0.3) is 10.1 Å². The van der Waals surface area contributed by atoms with Crippen molar-refractivity contribution < 1.29 is 27.7 Å². The maximum atomic E-state index is 11.0. The summed E-state index contributed by atoms with van der Waals surface area (Å²) in [7, 11) is -4.14. The first-order chi connectivity index (χ1) is 6.72. The first-order valence-electron chi connectivity index (χ1n) is 3.92. The third-order valence-corrected chi connectivity index (χ3v) is 2.11. The van der Waals surface area contributed by atoms with E-state index in [1.807, 2.05) is 0 Å². The van der Waals surface area contributed by atoms with Crippen LogP contribution in [-0.2, 0) is 19.7 Å². The number of rotatable bonds is 6. The van der Waals surface area contributed by atoms with Crippen LogP contribution in [0.25, 0.3) is 0 Å². The van der Waals surface area contributed by atoms with Crippen LogP contribution in [0.3, 0.4) is 0 Å². The molecule has 0 radical (unpaired) electrons. The molecular formula is C6H12N2O6S. The molecule has 0 rings (SSSR count). The summed E-state index contributed by atoms with van der Waals surface area (Å²) in [5.41, 5.74) is 5.16. The van der Waals surface area contributed by atoms with Crippen molar-refractivity contribution in [3.63, 3.8) is 0 Å². The fourth-order valence-corrected chi connectivity index (χ4v) is 1.08. The van der Waals surface area contributed by atoms with E-state index in [0.717, 1.165) is 0 Å². The summed E-state index contributed by atoms with van der Waals surface area (Å²) in [6, 6.07) is -1.23. The van der Waals surface area contributed by atoms with E-state index < -0.39 is 40.2 Å². The summed E-state index contributed by atoms with van der Waals surface area (Å²) in [5.74, 6) is -2.65. The molecule has 0 aliphatic rings. The van der Waals surface area contributed by atoms with Crippen LogP contribution in [0.2, 0.25) is 0 Å². The average Bonchev–Trinajstić information content (AvgIpc) is 2.00. The van der Waals surface area contributed by atoms with Crippen molar-refractivity contribution in [3.8, 4) is 0 Å². The molecule has 0 unspecified atom stereocenters. The van der Waals surface area contributed by atoms with Gasteiger partial charge < -0.3 is 16.2 Å². The van der Waals surface area contributed by atoms with Gasteiger partial charge in [-0.05, 0) is 0 Å². The van der Waals surface area contributed by atoms with Gasteiger partial charge in [0.2, 0.25) is 5.91 Å². The van der Waals surface area contributed by atoms with E-state index in [9.17, 15) is 18.0 Å². The number of nitrogens with two attached hydrogens (primary N) is 1. The van der Waals surface area contributed by atoms with Gasteiger partial charge in [-0.2, -0.15) is 8.42 Å². The van der Waals surface area contributed by atoms with E-state index in [4.69, 9.17) is 15.4 Å². The molecule has 0 fully saturated rings. The summed E-state index contributed by atoms with van der Waals surface area (Å²) in [6.45, 7) is -0.314. The molecule has 0 aliphatic heterocycles. The van der Waals surface area contributed by atoms with E-state index >= 15 is 0 Å². The van der Waals surface area contributed by atoms with Crippen molar-refractivity contribution in [1.29, 1.82) is 0 Å². The number of hydrogen-bond acceptors (Lipinski definition) is 5. The normalized spacial score (nSPS) is 13.2. The van der Waals surface area contributed by atoms with Crippen molar-refractivity contribution in [2.45, 2.75) is 12.5 Å². The minimum absolute atomic E-state index is 0.314. The third-order valence-electron chi connectivity index (χ3n) is 1.39. The monoisotopic (exact) mass is 240 g/mol. The number of amides is 1. The first-order valence-corrected chi connectivity index (χ1v) is 5.53. The van der Waals surface area contributed by atoms with Crippen LogP contribution in [0.5, 0.6) is 0 Å². The van der Waals surface area contributed by atoms with Gasteiger partial charge in [-0.3, -0.25) is 14.1 Å². The Morgan fingerprint density at radius 2 is 1.93 bits per heavy atom. The second-order valence-corrected chi connectivity index (χ2v) is 4.35. The molecular weight excluding hydrogens is 228 g/mol. The highest BCUT2D eigenvalue weighted by molar-refractivity contribution is 7.85. The molecule has 5 N–H and O–H groups in total. The third kappa shape index (κ3) is 7.85. The van der Waals surface area contributed by atoms with Crippen molar-refractivity contribution in [3.05, 3.63) is 0 Å². The Morgan fingerprint density at radius 1 is 1.40 bits per heavy atom. The largest absolute Gasteiger partial charge is 0.481 e. The summed E-state index contributed by atoms with van der Waals surface area (Å²) in [6.07, 6.45) is -0.544. The first kappa shape index (κ1) is 13.8. The van der Waals surface area contributed by atoms with Crippen LogP contribution in [0.4, 0.5) is 0 Å². The Bertz CT molecular complexity index is 338. The number of nitrogens with one attached hydrogen (secondary N) is 1. The Morgan fingerprint density at radius 3 is 2.33 bits per heavy atom. The lowest BCUT2D eigenvalue weighted by atomic mass is 10.2. The smallest absolute Gasteiger partial charge is 0.305 e. The van der Waals surface area contributed by atoms with Gasteiger partial charge in [-0.15, -0.1) is 0 Å². The highest BCUT2D eigenvalue weighted by atomic mass is 32.2. The Labute approximate surface area is 86.2 Å². The Hall–Kier alpha value is -1.19. The topological polar surface area (TPSA) is 147 Å². The second kappa shape index (κ2) is 5.63. The lowest BCUT2D eigenvalue weighted by Crippen LogP contribution is -2.43. The Balaban J connectivity index is 3.89. The summed E-state index contributed by atoms with van der Waals surface area (Å²) in [4.78, 5) is 21.1. The second-order valence-electron chi connectivity index (χ2n) is 2.78. The van der Waals surface area contributed by atoms with Crippen LogP contribution in [0, 0.1) is 0 Å². The Kier molecular flexibility index (Phi) is 5.19. The quantitative estimate of drug-likeness (QED) is 0.385. The molecule has 8 nitrogen and oxygen atoms in total. The van der Waals surface area contributed by atoms with E-state index in [0.29, 0.717) is 0 Å². The fraction of sp³-hybridized carbons (Fsp3) is 0.667. The van der Waals surface area contributed by atoms with Gasteiger partial charge in [-0.25, -0.2) is 0 Å². The maximum Gasteiger partial charge on any atom is 0.305 e. The van der Waals surface area contributed by atoms with Gasteiger partial charge in [0.05, 0.1) is 18.2 Å². The van der Waals surface area contributed by atoms with E-state index in [2.05, 4.69) is 5.32 Å². The molecule has 15 heavy (non-hydrogen) atoms. The predicted molar refractivity (Wildman–Crippen MR) is 49.7 cm³/mol.